The molecule has 100 valence electrons. The highest BCUT2D eigenvalue weighted by molar-refractivity contribution is 5.94. The molecule has 1 rings (SSSR count). The van der Waals surface area contributed by atoms with E-state index in [1.807, 2.05) is 6.92 Å². The number of pyridine rings is 1. The number of nitrogens with one attached hydrogen (secondary N) is 1. The van der Waals surface area contributed by atoms with Gasteiger partial charge < -0.3 is 11.1 Å². The number of aryl methyl sites for hydroxylation is 1. The van der Waals surface area contributed by atoms with E-state index in [0.717, 1.165) is 18.5 Å². The molecule has 1 amide bonds. The molecule has 0 saturated heterocycles. The first-order chi connectivity index (χ1) is 8.58. The fraction of sp³-hybridized carbons (Fsp3) is 0.571. The molecule has 18 heavy (non-hydrogen) atoms. The van der Waals surface area contributed by atoms with Crippen molar-refractivity contribution in [2.24, 2.45) is 11.7 Å². The largest absolute Gasteiger partial charge is 0.350 e. The molecule has 0 saturated carbocycles. The predicted octanol–water partition coefficient (Wildman–Crippen LogP) is 1.88. The van der Waals surface area contributed by atoms with E-state index in [1.165, 1.54) is 0 Å². The van der Waals surface area contributed by atoms with Crippen LogP contribution in [0.15, 0.2) is 18.3 Å². The van der Waals surface area contributed by atoms with E-state index in [4.69, 9.17) is 5.73 Å². The molecule has 0 aromatic carbocycles. The molecule has 0 aliphatic heterocycles. The van der Waals surface area contributed by atoms with Gasteiger partial charge in [-0.25, -0.2) is 0 Å². The summed E-state index contributed by atoms with van der Waals surface area (Å²) in [5, 5.41) is 2.88. The Balaban J connectivity index is 2.51. The van der Waals surface area contributed by atoms with Gasteiger partial charge in [-0.15, -0.1) is 0 Å². The van der Waals surface area contributed by atoms with Crippen LogP contribution in [0.25, 0.3) is 0 Å². The van der Waals surface area contributed by atoms with Crippen molar-refractivity contribution in [1.82, 2.24) is 10.3 Å². The summed E-state index contributed by atoms with van der Waals surface area (Å²) in [7, 11) is 0. The molecule has 1 aromatic heterocycles. The summed E-state index contributed by atoms with van der Waals surface area (Å²) in [6.45, 7) is 6.64. The molecule has 1 aromatic rings. The summed E-state index contributed by atoms with van der Waals surface area (Å²) in [6.07, 6.45) is 3.73. The second-order valence-corrected chi connectivity index (χ2v) is 4.64. The van der Waals surface area contributed by atoms with Crippen LogP contribution < -0.4 is 11.1 Å². The monoisotopic (exact) mass is 249 g/mol. The Labute approximate surface area is 109 Å². The third kappa shape index (κ3) is 4.11. The first-order valence-corrected chi connectivity index (χ1v) is 6.54. The van der Waals surface area contributed by atoms with Crippen molar-refractivity contribution in [3.8, 4) is 0 Å². The number of carbonyl (C=O) groups is 1. The van der Waals surface area contributed by atoms with E-state index in [1.54, 1.807) is 18.3 Å². The van der Waals surface area contributed by atoms with Crippen LogP contribution in [0.2, 0.25) is 0 Å². The minimum atomic E-state index is -0.0816. The van der Waals surface area contributed by atoms with Gasteiger partial charge in [0.1, 0.15) is 0 Å². The number of hydrogen-bond donors (Lipinski definition) is 2. The van der Waals surface area contributed by atoms with Gasteiger partial charge in [-0.1, -0.05) is 26.7 Å². The van der Waals surface area contributed by atoms with Crippen LogP contribution in [0.1, 0.15) is 42.7 Å². The van der Waals surface area contributed by atoms with Crippen molar-refractivity contribution < 1.29 is 4.79 Å². The normalized spacial score (nSPS) is 12.5. The number of aromatic nitrogens is 1. The molecule has 0 spiro atoms. The Morgan fingerprint density at radius 3 is 2.67 bits per heavy atom. The number of hydrogen-bond acceptors (Lipinski definition) is 3. The number of rotatable bonds is 6. The van der Waals surface area contributed by atoms with Crippen molar-refractivity contribution in [2.45, 2.75) is 39.7 Å². The van der Waals surface area contributed by atoms with Crippen LogP contribution in [0.4, 0.5) is 0 Å². The second-order valence-electron chi connectivity index (χ2n) is 4.64. The molecule has 0 bridgehead atoms. The minimum Gasteiger partial charge on any atom is -0.350 e. The van der Waals surface area contributed by atoms with Crippen molar-refractivity contribution in [3.05, 3.63) is 29.6 Å². The highest BCUT2D eigenvalue weighted by Gasteiger charge is 2.15. The molecule has 4 heteroatoms. The van der Waals surface area contributed by atoms with Crippen molar-refractivity contribution in [2.75, 3.05) is 6.54 Å². The van der Waals surface area contributed by atoms with E-state index in [0.29, 0.717) is 18.0 Å². The lowest BCUT2D eigenvalue weighted by Crippen LogP contribution is -2.41. The van der Waals surface area contributed by atoms with Crippen molar-refractivity contribution in [1.29, 1.82) is 0 Å². The third-order valence-corrected chi connectivity index (χ3v) is 3.31. The van der Waals surface area contributed by atoms with Gasteiger partial charge in [0.25, 0.3) is 5.91 Å². The zero-order chi connectivity index (χ0) is 13.5. The molecule has 4 nitrogen and oxygen atoms in total. The van der Waals surface area contributed by atoms with E-state index in [2.05, 4.69) is 24.1 Å². The standard InChI is InChI=1S/C14H23N3O/c1-4-11(5-2)13(15)9-17-14(18)12-6-7-16-10(3)8-12/h6-8,11,13H,4-5,9,15H2,1-3H3,(H,17,18). The SMILES string of the molecule is CCC(CC)C(N)CNC(=O)c1ccnc(C)c1. The molecule has 0 aliphatic carbocycles. The molecular formula is C14H23N3O. The quantitative estimate of drug-likeness (QED) is 0.809. The van der Waals surface area contributed by atoms with E-state index in [9.17, 15) is 4.79 Å². The van der Waals surface area contributed by atoms with Crippen LogP contribution in [-0.4, -0.2) is 23.5 Å². The topological polar surface area (TPSA) is 68.0 Å². The molecule has 1 unspecified atom stereocenters. The van der Waals surface area contributed by atoms with Gasteiger partial charge in [-0.05, 0) is 25.0 Å². The van der Waals surface area contributed by atoms with E-state index in [-0.39, 0.29) is 11.9 Å². The number of carbonyl (C=O) groups excluding carboxylic acids is 1. The molecule has 0 aliphatic rings. The first-order valence-electron chi connectivity index (χ1n) is 6.54. The summed E-state index contributed by atoms with van der Waals surface area (Å²) in [5.41, 5.74) is 7.55. The molecule has 0 radical (unpaired) electrons. The fourth-order valence-corrected chi connectivity index (χ4v) is 2.06. The van der Waals surface area contributed by atoms with Crippen molar-refractivity contribution in [3.63, 3.8) is 0 Å². The zero-order valence-corrected chi connectivity index (χ0v) is 11.4. The van der Waals surface area contributed by atoms with Crippen molar-refractivity contribution >= 4 is 5.91 Å². The summed E-state index contributed by atoms with van der Waals surface area (Å²) in [4.78, 5) is 16.0. The Hall–Kier alpha value is -1.42. The maximum atomic E-state index is 11.9. The van der Waals surface area contributed by atoms with Gasteiger partial charge in [-0.2, -0.15) is 0 Å². The van der Waals surface area contributed by atoms with E-state index >= 15 is 0 Å². The van der Waals surface area contributed by atoms with E-state index < -0.39 is 0 Å². The van der Waals surface area contributed by atoms with Gasteiger partial charge in [0.05, 0.1) is 0 Å². The van der Waals surface area contributed by atoms with Crippen LogP contribution in [0.3, 0.4) is 0 Å². The maximum absolute atomic E-state index is 11.9. The van der Waals surface area contributed by atoms with Gasteiger partial charge in [0, 0.05) is 30.0 Å². The second kappa shape index (κ2) is 7.11. The van der Waals surface area contributed by atoms with Crippen LogP contribution in [0.5, 0.6) is 0 Å². The summed E-state index contributed by atoms with van der Waals surface area (Å²) >= 11 is 0. The van der Waals surface area contributed by atoms with Gasteiger partial charge >= 0.3 is 0 Å². The minimum absolute atomic E-state index is 0.0203. The lowest BCUT2D eigenvalue weighted by molar-refractivity contribution is 0.0947. The van der Waals surface area contributed by atoms with Crippen LogP contribution in [-0.2, 0) is 0 Å². The summed E-state index contributed by atoms with van der Waals surface area (Å²) < 4.78 is 0. The number of nitrogens with zero attached hydrogens (tertiary/aromatic N) is 1. The molecule has 1 heterocycles. The molecule has 1 atom stereocenters. The van der Waals surface area contributed by atoms with Crippen LogP contribution >= 0.6 is 0 Å². The summed E-state index contributed by atoms with van der Waals surface area (Å²) in [5.74, 6) is 0.381. The zero-order valence-electron chi connectivity index (χ0n) is 11.4. The Kier molecular flexibility index (Phi) is 5.78. The maximum Gasteiger partial charge on any atom is 0.251 e. The average molecular weight is 249 g/mol. The van der Waals surface area contributed by atoms with Gasteiger partial charge in [-0.3, -0.25) is 9.78 Å². The average Bonchev–Trinajstić information content (AvgIpc) is 2.37. The Morgan fingerprint density at radius 1 is 1.44 bits per heavy atom. The highest BCUT2D eigenvalue weighted by Crippen LogP contribution is 2.10. The highest BCUT2D eigenvalue weighted by atomic mass is 16.1. The lowest BCUT2D eigenvalue weighted by atomic mass is 9.95. The van der Waals surface area contributed by atoms with Crippen LogP contribution in [0, 0.1) is 12.8 Å². The molecule has 3 N–H and O–H groups in total. The molecule has 0 fully saturated rings. The lowest BCUT2D eigenvalue weighted by Gasteiger charge is -2.21. The first kappa shape index (κ1) is 14.6. The smallest absolute Gasteiger partial charge is 0.251 e. The van der Waals surface area contributed by atoms with Gasteiger partial charge in [0.15, 0.2) is 0 Å². The predicted molar refractivity (Wildman–Crippen MR) is 73.4 cm³/mol. The Bertz CT molecular complexity index is 388. The fourth-order valence-electron chi connectivity index (χ4n) is 2.06. The Morgan fingerprint density at radius 2 is 2.11 bits per heavy atom. The van der Waals surface area contributed by atoms with Gasteiger partial charge in [0.2, 0.25) is 0 Å². The summed E-state index contributed by atoms with van der Waals surface area (Å²) in [6, 6.07) is 3.51. The number of amides is 1. The third-order valence-electron chi connectivity index (χ3n) is 3.31. The number of nitrogens with two attached hydrogens (primary N) is 1. The molecular weight excluding hydrogens is 226 g/mol.